The van der Waals surface area contributed by atoms with E-state index in [0.29, 0.717) is 56.8 Å². The van der Waals surface area contributed by atoms with E-state index in [1.165, 1.54) is 47.1 Å². The van der Waals surface area contributed by atoms with E-state index in [9.17, 15) is 47.2 Å². The maximum absolute atomic E-state index is 14.1. The number of hydrogen-bond donors (Lipinski definition) is 4. The summed E-state index contributed by atoms with van der Waals surface area (Å²) in [6, 6.07) is 33.9. The first-order valence-corrected chi connectivity index (χ1v) is 31.5. The van der Waals surface area contributed by atoms with E-state index >= 15 is 0 Å². The Kier molecular flexibility index (Phi) is 24.6. The van der Waals surface area contributed by atoms with Crippen molar-refractivity contribution in [1.29, 1.82) is 10.5 Å². The standard InChI is InChI=1S/C31H41N3O7S.C31H43N3O6S/c1-39-25-10-12-27(13-11-25)42(37,38)34(23-31(17-7-18-32)15-5-6-16-31)21-29(35)28(20-24-8-3-2-4-9-24)33-30(36)41-26-14-19-40-22-26;1-30(2,3)40-29(36)33-27(21-24-11-6-5-7-12-24)28(35)22-34(23-31(19-10-20-32)17-8-9-18-31)41(37,38)26-15-13-25(39-4)14-16-26/h2-4,8-13,26,28-29,35H,5-7,14-17,19-23H2,1H3,(H,33,36);5-7,11-16,27-28,35H,8-10,17-19,21-23H2,1-4H3,(H,33,36)/t26?,28-,29+;27-,28+/m00/s1. The molecule has 1 unspecified atom stereocenters. The second-order valence-electron chi connectivity index (χ2n) is 23.1. The van der Waals surface area contributed by atoms with Crippen LogP contribution in [0.1, 0.15) is 115 Å². The molecule has 21 heteroatoms. The number of benzene rings is 4. The number of aliphatic hydroxyl groups excluding tert-OH is 2. The molecule has 0 spiro atoms. The molecule has 4 aromatic rings. The molecular weight excluding hydrogens is 1100 g/mol. The number of ether oxygens (including phenoxy) is 5. The average molecular weight is 1190 g/mol. The molecule has 0 aromatic heterocycles. The lowest BCUT2D eigenvalue weighted by Gasteiger charge is -2.37. The fraction of sp³-hybridized carbons (Fsp3) is 0.548. The fourth-order valence-corrected chi connectivity index (χ4v) is 14.4. The number of aliphatic hydroxyl groups is 2. The van der Waals surface area contributed by atoms with Gasteiger partial charge < -0.3 is 44.5 Å². The van der Waals surface area contributed by atoms with Gasteiger partial charge in [-0.05, 0) is 143 Å². The number of carbonyl (C=O) groups excluding carboxylic acids is 2. The van der Waals surface area contributed by atoms with Gasteiger partial charge in [-0.25, -0.2) is 26.4 Å². The summed E-state index contributed by atoms with van der Waals surface area (Å²) in [5.74, 6) is 1.06. The normalized spacial score (nSPS) is 18.1. The summed E-state index contributed by atoms with van der Waals surface area (Å²) in [7, 11) is -5.08. The number of rotatable bonds is 27. The SMILES string of the molecule is COc1ccc(S(=O)(=O)N(C[C@@H](O)[C@H](Cc2ccccc2)NC(=O)OC(C)(C)C)CC2(CCC#N)CCCC2)cc1.COc1ccc(S(=O)(=O)N(C[C@@H](O)[C@H](Cc2ccccc2)NC(=O)OC2CCOC2)CC2(CCC#N)CCCC2)cc1. The van der Waals surface area contributed by atoms with Crippen molar-refractivity contribution < 1.29 is 60.3 Å². The second kappa shape index (κ2) is 31.0. The molecule has 1 heterocycles. The Bertz CT molecular complexity index is 2950. The van der Waals surface area contributed by atoms with Crippen LogP contribution in [0, 0.1) is 33.5 Å². The molecule has 4 N–H and O–H groups in total. The van der Waals surface area contributed by atoms with Crippen molar-refractivity contribution in [3.05, 3.63) is 120 Å². The third kappa shape index (κ3) is 19.9. The summed E-state index contributed by atoms with van der Waals surface area (Å²) in [5.41, 5.74) is 0.280. The lowest BCUT2D eigenvalue weighted by Crippen LogP contribution is -2.52. The number of carbonyl (C=O) groups is 2. The summed E-state index contributed by atoms with van der Waals surface area (Å²) >= 11 is 0. The number of nitrogens with one attached hydrogen (secondary N) is 2. The largest absolute Gasteiger partial charge is 0.497 e. The number of sulfonamides is 2. The fourth-order valence-electron chi connectivity index (χ4n) is 11.3. The molecular formula is C62H84N6O13S2. The molecule has 0 radical (unpaired) electrons. The van der Waals surface area contributed by atoms with Crippen LogP contribution in [0.2, 0.25) is 0 Å². The van der Waals surface area contributed by atoms with E-state index in [1.54, 1.807) is 45.0 Å². The number of nitrogens with zero attached hydrogens (tertiary/aromatic N) is 4. The Labute approximate surface area is 491 Å². The van der Waals surface area contributed by atoms with Crippen LogP contribution in [0.3, 0.4) is 0 Å². The topological polar surface area (TPSA) is 267 Å². The number of nitriles is 2. The first-order valence-electron chi connectivity index (χ1n) is 28.6. The van der Waals surface area contributed by atoms with Crippen LogP contribution in [0.15, 0.2) is 119 Å². The minimum absolute atomic E-state index is 0.0807. The zero-order valence-corrected chi connectivity index (χ0v) is 50.3. The van der Waals surface area contributed by atoms with E-state index < -0.39 is 62.1 Å². The maximum Gasteiger partial charge on any atom is 0.407 e. The van der Waals surface area contributed by atoms with Gasteiger partial charge in [0, 0.05) is 45.4 Å². The highest BCUT2D eigenvalue weighted by molar-refractivity contribution is 7.89. The summed E-state index contributed by atoms with van der Waals surface area (Å²) in [4.78, 5) is 25.8. The molecule has 2 saturated carbocycles. The van der Waals surface area contributed by atoms with Gasteiger partial charge in [-0.3, -0.25) is 0 Å². The number of alkyl carbamates (subject to hydrolysis) is 2. The van der Waals surface area contributed by atoms with Gasteiger partial charge in [-0.1, -0.05) is 86.3 Å². The average Bonchev–Trinajstić information content (AvgIpc) is 4.48. The molecule has 1 saturated heterocycles. The first kappa shape index (κ1) is 65.8. The van der Waals surface area contributed by atoms with Crippen molar-refractivity contribution in [1.82, 2.24) is 19.2 Å². The van der Waals surface area contributed by atoms with E-state index in [-0.39, 0.29) is 65.7 Å². The second-order valence-corrected chi connectivity index (χ2v) is 27.0. The predicted octanol–water partition coefficient (Wildman–Crippen LogP) is 9.08. The maximum atomic E-state index is 14.1. The highest BCUT2D eigenvalue weighted by atomic mass is 32.2. The molecule has 2 amide bonds. The van der Waals surface area contributed by atoms with Crippen LogP contribution in [0.5, 0.6) is 11.5 Å². The quantitative estimate of drug-likeness (QED) is 0.0434. The van der Waals surface area contributed by atoms with Gasteiger partial charge in [0.1, 0.15) is 23.2 Å². The van der Waals surface area contributed by atoms with Gasteiger partial charge in [0.2, 0.25) is 20.0 Å². The summed E-state index contributed by atoms with van der Waals surface area (Å²) < 4.78 is 85.6. The van der Waals surface area contributed by atoms with E-state index in [4.69, 9.17) is 23.7 Å². The monoisotopic (exact) mass is 1180 g/mol. The lowest BCUT2D eigenvalue weighted by atomic mass is 9.81. The van der Waals surface area contributed by atoms with Crippen LogP contribution >= 0.6 is 0 Å². The molecule has 2 aliphatic carbocycles. The minimum Gasteiger partial charge on any atom is -0.497 e. The molecule has 4 aromatic carbocycles. The number of methoxy groups -OCH3 is 2. The summed E-state index contributed by atoms with van der Waals surface area (Å²) in [6.07, 6.45) is 5.79. The van der Waals surface area contributed by atoms with Crippen LogP contribution in [-0.2, 0) is 47.1 Å². The lowest BCUT2D eigenvalue weighted by molar-refractivity contribution is 0.0388. The van der Waals surface area contributed by atoms with Crippen molar-refractivity contribution in [2.75, 3.05) is 53.6 Å². The summed E-state index contributed by atoms with van der Waals surface area (Å²) in [6.45, 7) is 5.94. The molecule has 83 heavy (non-hydrogen) atoms. The van der Waals surface area contributed by atoms with Gasteiger partial charge in [-0.2, -0.15) is 19.1 Å². The zero-order chi connectivity index (χ0) is 60.1. The number of amides is 2. The first-order chi connectivity index (χ1) is 39.6. The molecule has 1 aliphatic heterocycles. The van der Waals surface area contributed by atoms with Crippen molar-refractivity contribution >= 4 is 32.2 Å². The van der Waals surface area contributed by atoms with Gasteiger partial charge >= 0.3 is 12.2 Å². The Morgan fingerprint density at radius 3 is 1.40 bits per heavy atom. The molecule has 3 fully saturated rings. The minimum atomic E-state index is -4.05. The van der Waals surface area contributed by atoms with Crippen molar-refractivity contribution in [3.63, 3.8) is 0 Å². The van der Waals surface area contributed by atoms with Gasteiger partial charge in [0.25, 0.3) is 0 Å². The van der Waals surface area contributed by atoms with Crippen LogP contribution < -0.4 is 20.1 Å². The molecule has 452 valence electrons. The third-order valence-electron chi connectivity index (χ3n) is 15.8. The van der Waals surface area contributed by atoms with Crippen LogP contribution in [0.4, 0.5) is 9.59 Å². The molecule has 5 atom stereocenters. The van der Waals surface area contributed by atoms with Crippen molar-refractivity contribution in [2.24, 2.45) is 10.8 Å². The molecule has 19 nitrogen and oxygen atoms in total. The Morgan fingerprint density at radius 1 is 0.651 bits per heavy atom. The van der Waals surface area contributed by atoms with Crippen LogP contribution in [0.25, 0.3) is 0 Å². The van der Waals surface area contributed by atoms with Gasteiger partial charge in [0.15, 0.2) is 0 Å². The van der Waals surface area contributed by atoms with Crippen molar-refractivity contribution in [2.45, 2.75) is 163 Å². The third-order valence-corrected chi connectivity index (χ3v) is 19.4. The van der Waals surface area contributed by atoms with E-state index in [2.05, 4.69) is 22.8 Å². The van der Waals surface area contributed by atoms with Gasteiger partial charge in [-0.15, -0.1) is 0 Å². The van der Waals surface area contributed by atoms with Crippen molar-refractivity contribution in [3.8, 4) is 23.6 Å². The smallest absolute Gasteiger partial charge is 0.407 e. The van der Waals surface area contributed by atoms with Crippen LogP contribution in [-0.4, -0.2) is 137 Å². The van der Waals surface area contributed by atoms with E-state index in [0.717, 1.165) is 62.5 Å². The highest BCUT2D eigenvalue weighted by Crippen LogP contribution is 2.45. The molecule has 3 aliphatic rings. The molecule has 0 bridgehead atoms. The Balaban J connectivity index is 0.000000267. The molecule has 7 rings (SSSR count). The highest BCUT2D eigenvalue weighted by Gasteiger charge is 2.43. The predicted molar refractivity (Wildman–Crippen MR) is 313 cm³/mol. The van der Waals surface area contributed by atoms with E-state index in [1.807, 2.05) is 60.7 Å². The van der Waals surface area contributed by atoms with Gasteiger partial charge in [0.05, 0.1) is 73.7 Å². The Hall–Kier alpha value is -6.30. The number of hydrogen-bond acceptors (Lipinski definition) is 15. The Morgan fingerprint density at radius 2 is 1.05 bits per heavy atom. The summed E-state index contributed by atoms with van der Waals surface area (Å²) in [5, 5.41) is 47.4. The zero-order valence-electron chi connectivity index (χ0n) is 48.6.